The van der Waals surface area contributed by atoms with Crippen molar-refractivity contribution in [2.24, 2.45) is 0 Å². The number of hydrogen-bond donors (Lipinski definition) is 1. The van der Waals surface area contributed by atoms with Crippen molar-refractivity contribution in [2.45, 2.75) is 13.3 Å². The van der Waals surface area contributed by atoms with Gasteiger partial charge in [0.15, 0.2) is 11.5 Å². The predicted octanol–water partition coefficient (Wildman–Crippen LogP) is 2.97. The molecular weight excluding hydrogens is 306 g/mol. The monoisotopic (exact) mass is 329 g/mol. The van der Waals surface area contributed by atoms with Crippen LogP contribution in [0.5, 0.6) is 17.2 Å². The number of benzene rings is 2. The third-order valence-electron chi connectivity index (χ3n) is 3.34. The molecule has 1 N–H and O–H groups in total. The maximum absolute atomic E-state index is 11.7. The topological polar surface area (TPSA) is 56.8 Å². The standard InChI is InChI=1S/C19H23NO4/c1-15-8-9-17(18(14-15)22-2)24-13-11-20-19(21)10-12-23-16-6-4-3-5-7-16/h3-9,14H,10-13H2,1-2H3,(H,20,21). The van der Waals surface area contributed by atoms with Crippen molar-refractivity contribution in [3.8, 4) is 17.2 Å². The third-order valence-corrected chi connectivity index (χ3v) is 3.34. The number of hydrogen-bond acceptors (Lipinski definition) is 4. The van der Waals surface area contributed by atoms with Gasteiger partial charge in [-0.2, -0.15) is 0 Å². The highest BCUT2D eigenvalue weighted by Gasteiger charge is 2.05. The SMILES string of the molecule is COc1cc(C)ccc1OCCNC(=O)CCOc1ccccc1. The van der Waals surface area contributed by atoms with E-state index in [0.29, 0.717) is 37.7 Å². The first-order chi connectivity index (χ1) is 11.7. The Labute approximate surface area is 142 Å². The molecule has 2 aromatic rings. The molecule has 0 heterocycles. The molecule has 0 bridgehead atoms. The lowest BCUT2D eigenvalue weighted by atomic mass is 10.2. The lowest BCUT2D eigenvalue weighted by Crippen LogP contribution is -2.29. The minimum atomic E-state index is -0.0644. The van der Waals surface area contributed by atoms with Crippen LogP contribution >= 0.6 is 0 Å². The molecule has 0 saturated heterocycles. The van der Waals surface area contributed by atoms with E-state index in [-0.39, 0.29) is 5.91 Å². The Bertz CT molecular complexity index is 643. The maximum Gasteiger partial charge on any atom is 0.223 e. The van der Waals surface area contributed by atoms with Gasteiger partial charge in [-0.1, -0.05) is 24.3 Å². The van der Waals surface area contributed by atoms with Gasteiger partial charge in [0.1, 0.15) is 12.4 Å². The molecule has 2 rings (SSSR count). The fraction of sp³-hybridized carbons (Fsp3) is 0.316. The molecule has 0 aliphatic rings. The second-order valence-electron chi connectivity index (χ2n) is 5.26. The quantitative estimate of drug-likeness (QED) is 0.719. The van der Waals surface area contributed by atoms with E-state index < -0.39 is 0 Å². The Morgan fingerprint density at radius 2 is 1.79 bits per heavy atom. The minimum absolute atomic E-state index is 0.0644. The van der Waals surface area contributed by atoms with Gasteiger partial charge in [-0.05, 0) is 36.8 Å². The van der Waals surface area contributed by atoms with Gasteiger partial charge in [-0.3, -0.25) is 4.79 Å². The summed E-state index contributed by atoms with van der Waals surface area (Å²) in [6, 6.07) is 15.2. The van der Waals surface area contributed by atoms with Crippen molar-refractivity contribution in [1.82, 2.24) is 5.32 Å². The molecule has 5 heteroatoms. The summed E-state index contributed by atoms with van der Waals surface area (Å²) in [5, 5.41) is 2.80. The molecular formula is C19H23NO4. The molecule has 2 aromatic carbocycles. The van der Waals surface area contributed by atoms with Crippen molar-refractivity contribution in [1.29, 1.82) is 0 Å². The molecule has 0 radical (unpaired) electrons. The number of carbonyl (C=O) groups is 1. The van der Waals surface area contributed by atoms with Crippen molar-refractivity contribution in [3.05, 3.63) is 54.1 Å². The summed E-state index contributed by atoms with van der Waals surface area (Å²) in [4.78, 5) is 11.7. The average molecular weight is 329 g/mol. The second-order valence-corrected chi connectivity index (χ2v) is 5.26. The van der Waals surface area contributed by atoms with Crippen LogP contribution in [0.25, 0.3) is 0 Å². The molecule has 0 fully saturated rings. The van der Waals surface area contributed by atoms with Crippen LogP contribution in [0.2, 0.25) is 0 Å². The smallest absolute Gasteiger partial charge is 0.223 e. The Hall–Kier alpha value is -2.69. The highest BCUT2D eigenvalue weighted by atomic mass is 16.5. The fourth-order valence-electron chi connectivity index (χ4n) is 2.11. The Balaban J connectivity index is 1.62. The van der Waals surface area contributed by atoms with Crippen LogP contribution in [0.15, 0.2) is 48.5 Å². The first kappa shape index (κ1) is 17.7. The summed E-state index contributed by atoms with van der Waals surface area (Å²) in [6.07, 6.45) is 0.308. The predicted molar refractivity (Wildman–Crippen MR) is 92.8 cm³/mol. The van der Waals surface area contributed by atoms with Gasteiger partial charge < -0.3 is 19.5 Å². The molecule has 0 aliphatic heterocycles. The van der Waals surface area contributed by atoms with Crippen molar-refractivity contribution in [3.63, 3.8) is 0 Å². The zero-order valence-corrected chi connectivity index (χ0v) is 14.1. The van der Waals surface area contributed by atoms with E-state index >= 15 is 0 Å². The van der Waals surface area contributed by atoms with E-state index in [1.54, 1.807) is 7.11 Å². The van der Waals surface area contributed by atoms with E-state index in [2.05, 4.69) is 5.32 Å². The van der Waals surface area contributed by atoms with Crippen LogP contribution in [-0.4, -0.2) is 32.8 Å². The Kier molecular flexibility index (Phi) is 6.95. The van der Waals surface area contributed by atoms with E-state index in [4.69, 9.17) is 14.2 Å². The molecule has 5 nitrogen and oxygen atoms in total. The lowest BCUT2D eigenvalue weighted by Gasteiger charge is -2.12. The van der Waals surface area contributed by atoms with Crippen LogP contribution in [0, 0.1) is 6.92 Å². The molecule has 0 unspecified atom stereocenters. The molecule has 128 valence electrons. The molecule has 24 heavy (non-hydrogen) atoms. The molecule has 0 spiro atoms. The van der Waals surface area contributed by atoms with Gasteiger partial charge in [0, 0.05) is 0 Å². The lowest BCUT2D eigenvalue weighted by molar-refractivity contribution is -0.121. The van der Waals surface area contributed by atoms with Crippen LogP contribution in [0.1, 0.15) is 12.0 Å². The van der Waals surface area contributed by atoms with Gasteiger partial charge in [0.25, 0.3) is 0 Å². The number of rotatable bonds is 9. The van der Waals surface area contributed by atoms with Crippen molar-refractivity contribution in [2.75, 3.05) is 26.9 Å². The Morgan fingerprint density at radius 1 is 1.00 bits per heavy atom. The Morgan fingerprint density at radius 3 is 2.54 bits per heavy atom. The summed E-state index contributed by atoms with van der Waals surface area (Å²) in [5.41, 5.74) is 1.10. The van der Waals surface area contributed by atoms with E-state index in [9.17, 15) is 4.79 Å². The molecule has 1 amide bonds. The number of methoxy groups -OCH3 is 1. The largest absolute Gasteiger partial charge is 0.493 e. The first-order valence-electron chi connectivity index (χ1n) is 7.91. The first-order valence-corrected chi connectivity index (χ1v) is 7.91. The zero-order chi connectivity index (χ0) is 17.2. The van der Waals surface area contributed by atoms with Gasteiger partial charge in [0.05, 0.1) is 26.7 Å². The second kappa shape index (κ2) is 9.45. The van der Waals surface area contributed by atoms with E-state index in [0.717, 1.165) is 11.3 Å². The van der Waals surface area contributed by atoms with Gasteiger partial charge >= 0.3 is 0 Å². The molecule has 0 saturated carbocycles. The highest BCUT2D eigenvalue weighted by molar-refractivity contribution is 5.75. The van der Waals surface area contributed by atoms with Gasteiger partial charge in [0.2, 0.25) is 5.91 Å². The molecule has 0 aliphatic carbocycles. The van der Waals surface area contributed by atoms with Crippen LogP contribution in [-0.2, 0) is 4.79 Å². The van der Waals surface area contributed by atoms with Gasteiger partial charge in [-0.15, -0.1) is 0 Å². The number of amides is 1. The minimum Gasteiger partial charge on any atom is -0.493 e. The maximum atomic E-state index is 11.7. The fourth-order valence-corrected chi connectivity index (χ4v) is 2.11. The zero-order valence-electron chi connectivity index (χ0n) is 14.1. The summed E-state index contributed by atoms with van der Waals surface area (Å²) in [7, 11) is 1.61. The molecule has 0 atom stereocenters. The molecule has 0 aromatic heterocycles. The summed E-state index contributed by atoms with van der Waals surface area (Å²) < 4.78 is 16.4. The summed E-state index contributed by atoms with van der Waals surface area (Å²) >= 11 is 0. The van der Waals surface area contributed by atoms with Crippen molar-refractivity contribution >= 4 is 5.91 Å². The number of carbonyl (C=O) groups excluding carboxylic acids is 1. The number of aryl methyl sites for hydroxylation is 1. The number of nitrogens with one attached hydrogen (secondary N) is 1. The highest BCUT2D eigenvalue weighted by Crippen LogP contribution is 2.27. The normalized spacial score (nSPS) is 10.1. The van der Waals surface area contributed by atoms with Crippen LogP contribution in [0.4, 0.5) is 0 Å². The summed E-state index contributed by atoms with van der Waals surface area (Å²) in [6.45, 7) is 3.15. The average Bonchev–Trinajstić information content (AvgIpc) is 2.60. The van der Waals surface area contributed by atoms with Crippen molar-refractivity contribution < 1.29 is 19.0 Å². The van der Waals surface area contributed by atoms with E-state index in [1.165, 1.54) is 0 Å². The number of para-hydroxylation sites is 1. The summed E-state index contributed by atoms with van der Waals surface area (Å²) in [5.74, 6) is 2.06. The van der Waals surface area contributed by atoms with Crippen LogP contribution in [0.3, 0.4) is 0 Å². The van der Waals surface area contributed by atoms with E-state index in [1.807, 2.05) is 55.5 Å². The number of ether oxygens (including phenoxy) is 3. The third kappa shape index (κ3) is 5.83. The van der Waals surface area contributed by atoms with Gasteiger partial charge in [-0.25, -0.2) is 0 Å². The van der Waals surface area contributed by atoms with Crippen LogP contribution < -0.4 is 19.5 Å².